The van der Waals surface area contributed by atoms with E-state index in [0.29, 0.717) is 24.3 Å². The molecule has 2 aliphatic heterocycles. The Morgan fingerprint density at radius 3 is 2.53 bits per heavy atom. The van der Waals surface area contributed by atoms with Crippen LogP contribution in [-0.4, -0.2) is 23.3 Å². The van der Waals surface area contributed by atoms with Crippen LogP contribution in [-0.2, 0) is 4.79 Å². The van der Waals surface area contributed by atoms with E-state index in [-0.39, 0.29) is 17.8 Å². The van der Waals surface area contributed by atoms with Crippen molar-refractivity contribution in [1.29, 1.82) is 0 Å². The van der Waals surface area contributed by atoms with Gasteiger partial charge in [0.1, 0.15) is 17.3 Å². The molecule has 0 unspecified atom stereocenters. The molecule has 0 radical (unpaired) electrons. The first-order chi connectivity index (χ1) is 14.1. The lowest BCUT2D eigenvalue weighted by Crippen LogP contribution is -2.69. The molecule has 2 N–H and O–H groups in total. The standard InChI is InChI=1S/C23H25FN2O4/c1-13-9-17(29-14(2)27)10-19-20(13)18(15-5-7-16(24)8-6-15)11-23(30-19)12-22(3,4)25-21(28)26-23/h5-10,18H,11-12H2,1-4H3,(H2,25,26,28)/t18-,23-/m1/s1. The molecule has 4 rings (SSSR count). The van der Waals surface area contributed by atoms with Crippen LogP contribution in [0.4, 0.5) is 9.18 Å². The van der Waals surface area contributed by atoms with Crippen molar-refractivity contribution >= 4 is 12.0 Å². The number of carbonyl (C=O) groups is 2. The highest BCUT2D eigenvalue weighted by Crippen LogP contribution is 2.49. The van der Waals surface area contributed by atoms with Crippen LogP contribution in [0.25, 0.3) is 0 Å². The van der Waals surface area contributed by atoms with Gasteiger partial charge in [-0.1, -0.05) is 12.1 Å². The number of aryl methyl sites for hydroxylation is 1. The second-order valence-electron chi connectivity index (χ2n) is 8.79. The van der Waals surface area contributed by atoms with E-state index in [9.17, 15) is 14.0 Å². The molecule has 1 spiro atoms. The summed E-state index contributed by atoms with van der Waals surface area (Å²) in [5, 5.41) is 5.88. The normalized spacial score (nSPS) is 24.3. The monoisotopic (exact) mass is 412 g/mol. The summed E-state index contributed by atoms with van der Waals surface area (Å²) in [6.07, 6.45) is 1.02. The summed E-state index contributed by atoms with van der Waals surface area (Å²) >= 11 is 0. The Morgan fingerprint density at radius 1 is 1.20 bits per heavy atom. The summed E-state index contributed by atoms with van der Waals surface area (Å²) in [6.45, 7) is 7.16. The zero-order valence-electron chi connectivity index (χ0n) is 17.5. The smallest absolute Gasteiger partial charge is 0.318 e. The maximum Gasteiger partial charge on any atom is 0.318 e. The molecule has 1 fully saturated rings. The van der Waals surface area contributed by atoms with E-state index in [4.69, 9.17) is 9.47 Å². The van der Waals surface area contributed by atoms with Gasteiger partial charge >= 0.3 is 12.0 Å². The van der Waals surface area contributed by atoms with Gasteiger partial charge in [-0.15, -0.1) is 0 Å². The number of ether oxygens (including phenoxy) is 2. The van der Waals surface area contributed by atoms with Crippen molar-refractivity contribution in [3.05, 3.63) is 58.9 Å². The molecular formula is C23H25FN2O4. The zero-order valence-corrected chi connectivity index (χ0v) is 17.5. The number of hydrogen-bond donors (Lipinski definition) is 2. The van der Waals surface area contributed by atoms with Gasteiger partial charge < -0.3 is 20.1 Å². The van der Waals surface area contributed by atoms with Crippen molar-refractivity contribution in [1.82, 2.24) is 10.6 Å². The average molecular weight is 412 g/mol. The second-order valence-corrected chi connectivity index (χ2v) is 8.79. The average Bonchev–Trinajstić information content (AvgIpc) is 2.58. The number of hydrogen-bond acceptors (Lipinski definition) is 4. The van der Waals surface area contributed by atoms with Crippen LogP contribution in [0, 0.1) is 12.7 Å². The number of carbonyl (C=O) groups excluding carboxylic acids is 2. The van der Waals surface area contributed by atoms with E-state index in [1.54, 1.807) is 24.3 Å². The van der Waals surface area contributed by atoms with Crippen molar-refractivity contribution in [2.45, 2.75) is 57.7 Å². The Labute approximate surface area is 174 Å². The number of amides is 2. The fourth-order valence-corrected chi connectivity index (χ4v) is 4.69. The molecule has 2 aliphatic rings. The Hall–Kier alpha value is -3.09. The number of rotatable bonds is 2. The van der Waals surface area contributed by atoms with Crippen molar-refractivity contribution in [2.75, 3.05) is 0 Å². The molecule has 30 heavy (non-hydrogen) atoms. The first kappa shape index (κ1) is 20.2. The van der Waals surface area contributed by atoms with E-state index < -0.39 is 17.2 Å². The number of nitrogens with one attached hydrogen (secondary N) is 2. The summed E-state index contributed by atoms with van der Waals surface area (Å²) in [6, 6.07) is 9.56. The summed E-state index contributed by atoms with van der Waals surface area (Å²) in [5.41, 5.74) is 1.34. The lowest BCUT2D eigenvalue weighted by atomic mass is 9.76. The number of halogens is 1. The van der Waals surface area contributed by atoms with Crippen LogP contribution in [0.2, 0.25) is 0 Å². The SMILES string of the molecule is CC(=O)Oc1cc(C)c2c(c1)O[C@]1(C[C@@H]2c2ccc(F)cc2)CC(C)(C)NC(=O)N1. The third-order valence-corrected chi connectivity index (χ3v) is 5.56. The molecule has 2 aromatic rings. The fourth-order valence-electron chi connectivity index (χ4n) is 4.69. The van der Waals surface area contributed by atoms with Gasteiger partial charge in [0.15, 0.2) is 5.72 Å². The maximum atomic E-state index is 13.6. The number of urea groups is 1. The molecule has 7 heteroatoms. The van der Waals surface area contributed by atoms with Crippen molar-refractivity contribution < 1.29 is 23.5 Å². The van der Waals surface area contributed by atoms with Gasteiger partial charge in [0.25, 0.3) is 0 Å². The minimum Gasteiger partial charge on any atom is -0.467 e. The summed E-state index contributed by atoms with van der Waals surface area (Å²) < 4.78 is 25.3. The summed E-state index contributed by atoms with van der Waals surface area (Å²) in [7, 11) is 0. The van der Waals surface area contributed by atoms with Gasteiger partial charge in [0.05, 0.1) is 0 Å². The van der Waals surface area contributed by atoms with Gasteiger partial charge in [-0.25, -0.2) is 9.18 Å². The molecule has 2 amide bonds. The lowest BCUT2D eigenvalue weighted by Gasteiger charge is -2.49. The third-order valence-electron chi connectivity index (χ3n) is 5.56. The number of benzene rings is 2. The van der Waals surface area contributed by atoms with Crippen molar-refractivity contribution in [3.63, 3.8) is 0 Å². The Bertz CT molecular complexity index is 1020. The molecule has 0 bridgehead atoms. The highest BCUT2D eigenvalue weighted by Gasteiger charge is 2.50. The Balaban J connectivity index is 1.85. The van der Waals surface area contributed by atoms with E-state index in [2.05, 4.69) is 10.6 Å². The van der Waals surface area contributed by atoms with E-state index in [1.807, 2.05) is 20.8 Å². The number of esters is 1. The Kier molecular flexibility index (Phi) is 4.71. The first-order valence-electron chi connectivity index (χ1n) is 9.94. The molecule has 1 saturated heterocycles. The topological polar surface area (TPSA) is 76.7 Å². The maximum absolute atomic E-state index is 13.6. The predicted octanol–water partition coefficient (Wildman–Crippen LogP) is 4.15. The molecule has 2 atom stereocenters. The van der Waals surface area contributed by atoms with Gasteiger partial charge in [-0.3, -0.25) is 4.79 Å². The van der Waals surface area contributed by atoms with Gasteiger partial charge in [-0.05, 0) is 50.1 Å². The minimum absolute atomic E-state index is 0.130. The van der Waals surface area contributed by atoms with Crippen LogP contribution in [0.5, 0.6) is 11.5 Å². The van der Waals surface area contributed by atoms with Crippen molar-refractivity contribution in [2.24, 2.45) is 0 Å². The molecule has 0 aromatic heterocycles. The molecular weight excluding hydrogens is 387 g/mol. The van der Waals surface area contributed by atoms with Crippen LogP contribution in [0.15, 0.2) is 36.4 Å². The second kappa shape index (κ2) is 7.00. The van der Waals surface area contributed by atoms with Gasteiger partial charge in [0.2, 0.25) is 0 Å². The fraction of sp³-hybridized carbons (Fsp3) is 0.391. The van der Waals surface area contributed by atoms with Gasteiger partial charge in [-0.2, -0.15) is 0 Å². The highest BCUT2D eigenvalue weighted by atomic mass is 19.1. The molecule has 158 valence electrons. The minimum atomic E-state index is -0.945. The van der Waals surface area contributed by atoms with E-state index >= 15 is 0 Å². The summed E-state index contributed by atoms with van der Waals surface area (Å²) in [5.74, 6) is 0.0677. The van der Waals surface area contributed by atoms with Crippen LogP contribution in [0.3, 0.4) is 0 Å². The predicted molar refractivity (Wildman–Crippen MR) is 109 cm³/mol. The van der Waals surface area contributed by atoms with Crippen LogP contribution in [0.1, 0.15) is 56.2 Å². The highest BCUT2D eigenvalue weighted by molar-refractivity contribution is 5.77. The quantitative estimate of drug-likeness (QED) is 0.574. The largest absolute Gasteiger partial charge is 0.467 e. The van der Waals surface area contributed by atoms with Crippen LogP contribution >= 0.6 is 0 Å². The molecule has 2 heterocycles. The first-order valence-corrected chi connectivity index (χ1v) is 9.94. The van der Waals surface area contributed by atoms with Crippen LogP contribution < -0.4 is 20.1 Å². The molecule has 6 nitrogen and oxygen atoms in total. The molecule has 2 aromatic carbocycles. The molecule has 0 saturated carbocycles. The number of fused-ring (bicyclic) bond motifs is 1. The lowest BCUT2D eigenvalue weighted by molar-refractivity contribution is -0.131. The van der Waals surface area contributed by atoms with Crippen molar-refractivity contribution in [3.8, 4) is 11.5 Å². The van der Waals surface area contributed by atoms with E-state index in [0.717, 1.165) is 16.7 Å². The van der Waals surface area contributed by atoms with Gasteiger partial charge in [0, 0.05) is 42.9 Å². The third kappa shape index (κ3) is 3.84. The Morgan fingerprint density at radius 2 is 1.90 bits per heavy atom. The molecule has 0 aliphatic carbocycles. The summed E-state index contributed by atoms with van der Waals surface area (Å²) in [4.78, 5) is 23.9. The van der Waals surface area contributed by atoms with E-state index in [1.165, 1.54) is 19.1 Å². The zero-order chi connectivity index (χ0) is 21.7.